The smallest absolute Gasteiger partial charge is 0.358 e. The van der Waals surface area contributed by atoms with Crippen molar-refractivity contribution in [3.05, 3.63) is 22.1 Å². The number of nitrogens with zero attached hydrogens (tertiary/aromatic N) is 2. The third kappa shape index (κ3) is 1.78. The van der Waals surface area contributed by atoms with Crippen LogP contribution < -0.4 is 0 Å². The molecule has 0 radical (unpaired) electrons. The number of alkyl halides is 1. The number of aromatic amines is 1. The van der Waals surface area contributed by atoms with E-state index in [-0.39, 0.29) is 5.82 Å². The molecule has 1 aromatic heterocycles. The number of rotatable bonds is 3. The molecule has 0 aromatic carbocycles. The van der Waals surface area contributed by atoms with E-state index in [1.54, 1.807) is 0 Å². The van der Waals surface area contributed by atoms with E-state index in [1.165, 1.54) is 6.20 Å². The maximum atomic E-state index is 10.3. The van der Waals surface area contributed by atoms with Crippen molar-refractivity contribution in [1.82, 2.24) is 9.97 Å². The number of hydrogen-bond acceptors (Lipinski definition) is 4. The Kier molecular flexibility index (Phi) is 1.74. The summed E-state index contributed by atoms with van der Waals surface area (Å²) in [6.07, 6.45) is 1.60. The highest BCUT2D eigenvalue weighted by Crippen LogP contribution is 2.34. The van der Waals surface area contributed by atoms with Gasteiger partial charge in [0.25, 0.3) is 0 Å². The van der Waals surface area contributed by atoms with Gasteiger partial charge in [0, 0.05) is 0 Å². The first kappa shape index (κ1) is 8.46. The molecule has 1 unspecified atom stereocenters. The van der Waals surface area contributed by atoms with E-state index >= 15 is 0 Å². The molecule has 0 amide bonds. The lowest BCUT2D eigenvalue weighted by Gasteiger charge is -1.93. The lowest BCUT2D eigenvalue weighted by atomic mass is 10.3. The molecule has 6 nitrogen and oxygen atoms in total. The van der Waals surface area contributed by atoms with Crippen LogP contribution in [0, 0.1) is 10.1 Å². The zero-order valence-electron chi connectivity index (χ0n) is 6.49. The van der Waals surface area contributed by atoms with Gasteiger partial charge in [0.05, 0.1) is 13.0 Å². The molecule has 0 saturated carbocycles. The minimum Gasteiger partial charge on any atom is -0.358 e. The van der Waals surface area contributed by atoms with Gasteiger partial charge in [0.1, 0.15) is 6.20 Å². The number of H-pyrrole nitrogens is 1. The van der Waals surface area contributed by atoms with Crippen molar-refractivity contribution in [3.8, 4) is 0 Å². The van der Waals surface area contributed by atoms with Gasteiger partial charge in [-0.05, 0) is 9.91 Å². The Bertz CT molecular complexity index is 347. The van der Waals surface area contributed by atoms with Crippen LogP contribution in [0.3, 0.4) is 0 Å². The van der Waals surface area contributed by atoms with Crippen LogP contribution in [0.2, 0.25) is 0 Å². The van der Waals surface area contributed by atoms with Gasteiger partial charge in [0.15, 0.2) is 5.06 Å². The third-order valence-electron chi connectivity index (χ3n) is 1.69. The monoisotopic (exact) mass is 203 g/mol. The van der Waals surface area contributed by atoms with E-state index in [9.17, 15) is 10.1 Å². The minimum absolute atomic E-state index is 0.198. The highest BCUT2D eigenvalue weighted by molar-refractivity contribution is 6.24. The van der Waals surface area contributed by atoms with Crippen LogP contribution in [-0.2, 0) is 11.2 Å². The van der Waals surface area contributed by atoms with Crippen molar-refractivity contribution in [2.75, 3.05) is 6.61 Å². The van der Waals surface area contributed by atoms with E-state index < -0.39 is 9.98 Å². The first-order valence-electron chi connectivity index (χ1n) is 3.61. The molecular weight excluding hydrogens is 198 g/mol. The molecule has 70 valence electrons. The van der Waals surface area contributed by atoms with E-state index in [0.717, 1.165) is 0 Å². The van der Waals surface area contributed by atoms with Gasteiger partial charge >= 0.3 is 5.82 Å². The lowest BCUT2D eigenvalue weighted by Crippen LogP contribution is -2.06. The van der Waals surface area contributed by atoms with E-state index in [0.29, 0.717) is 18.9 Å². The van der Waals surface area contributed by atoms with Crippen LogP contribution in [-0.4, -0.2) is 26.6 Å². The average molecular weight is 204 g/mol. The number of nitrogens with one attached hydrogen (secondary N) is 1. The van der Waals surface area contributed by atoms with Crippen molar-refractivity contribution < 1.29 is 9.66 Å². The quantitative estimate of drug-likeness (QED) is 0.341. The molecule has 0 spiro atoms. The van der Waals surface area contributed by atoms with Crippen LogP contribution in [0.1, 0.15) is 5.82 Å². The average Bonchev–Trinajstić information content (AvgIpc) is 2.62. The summed E-state index contributed by atoms with van der Waals surface area (Å²) in [7, 11) is 0. The molecule has 1 fully saturated rings. The number of epoxide rings is 1. The van der Waals surface area contributed by atoms with Gasteiger partial charge in [-0.25, -0.2) is 0 Å². The molecule has 1 N–H and O–H groups in total. The van der Waals surface area contributed by atoms with E-state index in [2.05, 4.69) is 9.97 Å². The Morgan fingerprint density at radius 1 is 1.92 bits per heavy atom. The Morgan fingerprint density at radius 2 is 2.62 bits per heavy atom. The minimum atomic E-state index is -0.689. The summed E-state index contributed by atoms with van der Waals surface area (Å²) in [6, 6.07) is 0. The van der Waals surface area contributed by atoms with Gasteiger partial charge < -0.3 is 19.8 Å². The maximum absolute atomic E-state index is 10.3. The SMILES string of the molecule is O=[N+]([O-])c1c[nH]c(CC2(Cl)CO2)n1. The molecule has 1 aliphatic heterocycles. The summed E-state index contributed by atoms with van der Waals surface area (Å²) >= 11 is 5.82. The second kappa shape index (κ2) is 2.68. The van der Waals surface area contributed by atoms with Crippen molar-refractivity contribution in [1.29, 1.82) is 0 Å². The zero-order chi connectivity index (χ0) is 9.47. The molecule has 1 atom stereocenters. The highest BCUT2D eigenvalue weighted by atomic mass is 35.5. The summed E-state index contributed by atoms with van der Waals surface area (Å²) in [5.41, 5.74) is 0. The molecule has 0 bridgehead atoms. The maximum Gasteiger partial charge on any atom is 0.381 e. The number of hydrogen-bond donors (Lipinski definition) is 1. The second-order valence-corrected chi connectivity index (χ2v) is 3.50. The predicted molar refractivity (Wildman–Crippen MR) is 43.5 cm³/mol. The Labute approximate surface area is 78.0 Å². The summed E-state index contributed by atoms with van der Waals surface area (Å²) in [6.45, 7) is 0.461. The largest absolute Gasteiger partial charge is 0.381 e. The third-order valence-corrected chi connectivity index (χ3v) is 2.05. The molecule has 2 heterocycles. The van der Waals surface area contributed by atoms with Crippen molar-refractivity contribution >= 4 is 17.4 Å². The molecule has 7 heteroatoms. The zero-order valence-corrected chi connectivity index (χ0v) is 7.24. The van der Waals surface area contributed by atoms with Gasteiger partial charge in [-0.3, -0.25) is 0 Å². The highest BCUT2D eigenvalue weighted by Gasteiger charge is 2.44. The lowest BCUT2D eigenvalue weighted by molar-refractivity contribution is -0.389. The van der Waals surface area contributed by atoms with Crippen molar-refractivity contribution in [2.45, 2.75) is 11.5 Å². The number of halogens is 1. The molecule has 1 aliphatic rings. The normalized spacial score (nSPS) is 25.9. The van der Waals surface area contributed by atoms with Crippen LogP contribution in [0.15, 0.2) is 6.20 Å². The van der Waals surface area contributed by atoms with Crippen molar-refractivity contribution in [2.24, 2.45) is 0 Å². The van der Waals surface area contributed by atoms with Crippen LogP contribution in [0.25, 0.3) is 0 Å². The van der Waals surface area contributed by atoms with Crippen LogP contribution in [0.5, 0.6) is 0 Å². The molecule has 0 aliphatic carbocycles. The predicted octanol–water partition coefficient (Wildman–Crippen LogP) is 0.826. The van der Waals surface area contributed by atoms with Gasteiger partial charge in [-0.1, -0.05) is 11.6 Å². The Morgan fingerprint density at radius 3 is 3.08 bits per heavy atom. The van der Waals surface area contributed by atoms with Crippen LogP contribution >= 0.6 is 11.6 Å². The van der Waals surface area contributed by atoms with Crippen LogP contribution in [0.4, 0.5) is 5.82 Å². The summed E-state index contributed by atoms with van der Waals surface area (Å²) < 4.78 is 4.91. The summed E-state index contributed by atoms with van der Waals surface area (Å²) in [5.74, 6) is 0.273. The fourth-order valence-corrected chi connectivity index (χ4v) is 1.15. The summed E-state index contributed by atoms with van der Waals surface area (Å²) in [5, 5.41) is 9.57. The van der Waals surface area contributed by atoms with Crippen molar-refractivity contribution in [3.63, 3.8) is 0 Å². The molecule has 2 rings (SSSR count). The molecule has 1 aromatic rings. The first-order valence-corrected chi connectivity index (χ1v) is 3.98. The number of nitro groups is 1. The Hall–Kier alpha value is -1.14. The van der Waals surface area contributed by atoms with Gasteiger partial charge in [-0.15, -0.1) is 0 Å². The van der Waals surface area contributed by atoms with Gasteiger partial charge in [0.2, 0.25) is 5.82 Å². The fourth-order valence-electron chi connectivity index (χ4n) is 0.965. The number of ether oxygens (including phenoxy) is 1. The molecule has 13 heavy (non-hydrogen) atoms. The summed E-state index contributed by atoms with van der Waals surface area (Å²) in [4.78, 5) is 16.1. The van der Waals surface area contributed by atoms with E-state index in [1.807, 2.05) is 0 Å². The molecular formula is C6H6ClN3O3. The molecule has 1 saturated heterocycles. The number of aromatic nitrogens is 2. The second-order valence-electron chi connectivity index (χ2n) is 2.81. The first-order chi connectivity index (χ1) is 6.09. The standard InChI is InChI=1S/C6H6ClN3O3/c7-6(3-13-6)1-4-8-2-5(9-4)10(11)12/h2H,1,3H2,(H,8,9). The fraction of sp³-hybridized carbons (Fsp3) is 0.500. The Balaban J connectivity index is 2.09. The topological polar surface area (TPSA) is 84.3 Å². The van der Waals surface area contributed by atoms with Gasteiger partial charge in [-0.2, -0.15) is 0 Å². The van der Waals surface area contributed by atoms with E-state index in [4.69, 9.17) is 16.3 Å². The number of imidazole rings is 1.